The lowest BCUT2D eigenvalue weighted by atomic mass is 10.0. The number of hydrogen-bond acceptors (Lipinski definition) is 3. The molecule has 2 aromatic rings. The van der Waals surface area contributed by atoms with Crippen LogP contribution in [0.2, 0.25) is 5.02 Å². The van der Waals surface area contributed by atoms with Gasteiger partial charge in [-0.15, -0.1) is 0 Å². The van der Waals surface area contributed by atoms with Crippen LogP contribution in [0.4, 0.5) is 0 Å². The van der Waals surface area contributed by atoms with Crippen molar-refractivity contribution in [2.75, 3.05) is 0 Å². The number of rotatable bonds is 1. The van der Waals surface area contributed by atoms with Gasteiger partial charge in [-0.2, -0.15) is 0 Å². The third-order valence-electron chi connectivity index (χ3n) is 3.08. The quantitative estimate of drug-likeness (QED) is 0.848. The van der Waals surface area contributed by atoms with Crippen molar-refractivity contribution in [2.24, 2.45) is 0 Å². The molecule has 0 amide bonds. The summed E-state index contributed by atoms with van der Waals surface area (Å²) in [5.74, 6) is 0.643. The molecule has 1 heterocycles. The Morgan fingerprint density at radius 2 is 2.06 bits per heavy atom. The molecule has 4 heteroatoms. The van der Waals surface area contributed by atoms with Crippen molar-refractivity contribution in [3.05, 3.63) is 46.7 Å². The van der Waals surface area contributed by atoms with Crippen molar-refractivity contribution < 1.29 is 9.63 Å². The monoisotopic (exact) mass is 261 g/mol. The highest BCUT2D eigenvalue weighted by molar-refractivity contribution is 6.30. The summed E-state index contributed by atoms with van der Waals surface area (Å²) in [6, 6.07) is 7.36. The minimum atomic E-state index is -0.535. The Hall–Kier alpha value is -1.58. The molecular formula is C14H12ClNO2. The molecule has 3 rings (SSSR count). The van der Waals surface area contributed by atoms with E-state index in [0.717, 1.165) is 17.5 Å². The number of aliphatic hydroxyl groups excluding tert-OH is 1. The predicted molar refractivity (Wildman–Crippen MR) is 70.2 cm³/mol. The maximum atomic E-state index is 10.2. The van der Waals surface area contributed by atoms with Gasteiger partial charge in [0.05, 0.1) is 11.7 Å². The van der Waals surface area contributed by atoms with E-state index in [9.17, 15) is 5.11 Å². The van der Waals surface area contributed by atoms with E-state index in [1.54, 1.807) is 12.1 Å². The molecular weight excluding hydrogens is 250 g/mol. The molecule has 1 aromatic carbocycles. The smallest absolute Gasteiger partial charge is 0.165 e. The van der Waals surface area contributed by atoms with E-state index in [1.165, 1.54) is 0 Å². The van der Waals surface area contributed by atoms with E-state index >= 15 is 0 Å². The number of fused-ring (bicyclic) bond motifs is 1. The van der Waals surface area contributed by atoms with Crippen molar-refractivity contribution in [3.8, 4) is 11.3 Å². The zero-order valence-electron chi connectivity index (χ0n) is 9.64. The number of hydrogen-bond donors (Lipinski definition) is 1. The minimum Gasteiger partial charge on any atom is -0.388 e. The van der Waals surface area contributed by atoms with Crippen LogP contribution >= 0.6 is 11.6 Å². The average Bonchev–Trinajstić information content (AvgIpc) is 2.71. The second kappa shape index (κ2) is 4.59. The number of aromatic nitrogens is 1. The average molecular weight is 262 g/mol. The van der Waals surface area contributed by atoms with Crippen LogP contribution in [0, 0.1) is 0 Å². The summed E-state index contributed by atoms with van der Waals surface area (Å²) < 4.78 is 5.29. The first-order chi connectivity index (χ1) is 8.75. The number of halogens is 1. The van der Waals surface area contributed by atoms with E-state index in [-0.39, 0.29) is 0 Å². The topological polar surface area (TPSA) is 46.3 Å². The van der Waals surface area contributed by atoms with Crippen LogP contribution in [0.3, 0.4) is 0 Å². The summed E-state index contributed by atoms with van der Waals surface area (Å²) in [7, 11) is 0. The van der Waals surface area contributed by atoms with Crippen molar-refractivity contribution >= 4 is 17.7 Å². The molecule has 18 heavy (non-hydrogen) atoms. The van der Waals surface area contributed by atoms with Crippen molar-refractivity contribution in [3.63, 3.8) is 0 Å². The first kappa shape index (κ1) is 11.5. The first-order valence-corrected chi connectivity index (χ1v) is 6.23. The van der Waals surface area contributed by atoms with E-state index in [4.69, 9.17) is 16.1 Å². The van der Waals surface area contributed by atoms with Gasteiger partial charge in [-0.1, -0.05) is 35.0 Å². The lowest BCUT2D eigenvalue weighted by molar-refractivity contribution is 0.169. The van der Waals surface area contributed by atoms with Gasteiger partial charge in [0.1, 0.15) is 5.69 Å². The Morgan fingerprint density at radius 3 is 2.83 bits per heavy atom. The highest BCUT2D eigenvalue weighted by atomic mass is 35.5. The molecule has 0 radical (unpaired) electrons. The second-order valence-corrected chi connectivity index (χ2v) is 4.75. The van der Waals surface area contributed by atoms with Crippen molar-refractivity contribution in [1.29, 1.82) is 0 Å². The van der Waals surface area contributed by atoms with Gasteiger partial charge in [0.15, 0.2) is 5.76 Å². The number of allylic oxidation sites excluding steroid dienone is 1. The minimum absolute atomic E-state index is 0.535. The van der Waals surface area contributed by atoms with Gasteiger partial charge in [0, 0.05) is 10.6 Å². The van der Waals surface area contributed by atoms with Gasteiger partial charge in [-0.3, -0.25) is 0 Å². The van der Waals surface area contributed by atoms with Gasteiger partial charge in [-0.25, -0.2) is 0 Å². The molecule has 0 saturated carbocycles. The second-order valence-electron chi connectivity index (χ2n) is 4.31. The standard InChI is InChI=1S/C14H12ClNO2/c15-10-7-5-9(6-8-10)14-13-11(17)3-1-2-4-12(13)18-16-14/h2,4-8,11,17H,1,3H2. The van der Waals surface area contributed by atoms with E-state index in [0.29, 0.717) is 22.9 Å². The molecule has 1 N–H and O–H groups in total. The van der Waals surface area contributed by atoms with Gasteiger partial charge in [0.2, 0.25) is 0 Å². The lowest BCUT2D eigenvalue weighted by Crippen LogP contribution is -1.98. The van der Waals surface area contributed by atoms with E-state index in [2.05, 4.69) is 5.16 Å². The van der Waals surface area contributed by atoms with Gasteiger partial charge in [0.25, 0.3) is 0 Å². The molecule has 1 atom stereocenters. The van der Waals surface area contributed by atoms with Gasteiger partial charge < -0.3 is 9.63 Å². The Morgan fingerprint density at radius 1 is 1.28 bits per heavy atom. The fourth-order valence-corrected chi connectivity index (χ4v) is 2.28. The maximum absolute atomic E-state index is 10.2. The van der Waals surface area contributed by atoms with Gasteiger partial charge >= 0.3 is 0 Å². The van der Waals surface area contributed by atoms with Crippen LogP contribution in [0.5, 0.6) is 0 Å². The Bertz CT molecular complexity index is 586. The summed E-state index contributed by atoms with van der Waals surface area (Å²) in [5, 5.41) is 14.9. The molecule has 0 bridgehead atoms. The third-order valence-corrected chi connectivity index (χ3v) is 3.33. The highest BCUT2D eigenvalue weighted by Crippen LogP contribution is 2.35. The van der Waals surface area contributed by atoms with E-state index in [1.807, 2.05) is 24.3 Å². The molecule has 0 aliphatic heterocycles. The van der Waals surface area contributed by atoms with Crippen LogP contribution in [-0.2, 0) is 0 Å². The van der Waals surface area contributed by atoms with Gasteiger partial charge in [-0.05, 0) is 31.1 Å². The number of nitrogens with zero attached hydrogens (tertiary/aromatic N) is 1. The summed E-state index contributed by atoms with van der Waals surface area (Å²) >= 11 is 5.87. The number of benzene rings is 1. The van der Waals surface area contributed by atoms with E-state index < -0.39 is 6.10 Å². The fraction of sp³-hybridized carbons (Fsp3) is 0.214. The SMILES string of the molecule is OC1CCC=Cc2onc(-c3ccc(Cl)cc3)c21. The zero-order valence-corrected chi connectivity index (χ0v) is 10.4. The Labute approximate surface area is 110 Å². The Balaban J connectivity index is 2.11. The highest BCUT2D eigenvalue weighted by Gasteiger charge is 2.23. The molecule has 0 fully saturated rings. The summed E-state index contributed by atoms with van der Waals surface area (Å²) in [5.41, 5.74) is 2.37. The van der Waals surface area contributed by atoms with Crippen molar-refractivity contribution in [2.45, 2.75) is 18.9 Å². The predicted octanol–water partition coefficient (Wildman–Crippen LogP) is 3.84. The van der Waals surface area contributed by atoms with Crippen LogP contribution in [0.1, 0.15) is 30.3 Å². The molecule has 0 saturated heterocycles. The maximum Gasteiger partial charge on any atom is 0.165 e. The summed E-state index contributed by atoms with van der Waals surface area (Å²) in [6.07, 6.45) is 4.85. The Kier molecular flexibility index (Phi) is 2.94. The molecule has 1 aromatic heterocycles. The summed E-state index contributed by atoms with van der Waals surface area (Å²) in [4.78, 5) is 0. The van der Waals surface area contributed by atoms with Crippen LogP contribution in [0.25, 0.3) is 17.3 Å². The van der Waals surface area contributed by atoms with Crippen molar-refractivity contribution in [1.82, 2.24) is 5.16 Å². The molecule has 3 nitrogen and oxygen atoms in total. The molecule has 92 valence electrons. The lowest BCUT2D eigenvalue weighted by Gasteiger charge is -2.08. The fourth-order valence-electron chi connectivity index (χ4n) is 2.16. The normalized spacial score (nSPS) is 18.4. The first-order valence-electron chi connectivity index (χ1n) is 5.86. The molecule has 1 aliphatic rings. The molecule has 1 unspecified atom stereocenters. The van der Waals surface area contributed by atoms with Crippen LogP contribution in [-0.4, -0.2) is 10.3 Å². The molecule has 1 aliphatic carbocycles. The molecule has 0 spiro atoms. The third kappa shape index (κ3) is 1.96. The van der Waals surface area contributed by atoms with Crippen LogP contribution < -0.4 is 0 Å². The van der Waals surface area contributed by atoms with Crippen LogP contribution in [0.15, 0.2) is 34.9 Å². The summed E-state index contributed by atoms with van der Waals surface area (Å²) in [6.45, 7) is 0. The zero-order chi connectivity index (χ0) is 12.5. The number of aliphatic hydroxyl groups is 1. The largest absolute Gasteiger partial charge is 0.388 e.